The van der Waals surface area contributed by atoms with Crippen LogP contribution in [0.5, 0.6) is 0 Å². The smallest absolute Gasteiger partial charge is 0.303 e. The van der Waals surface area contributed by atoms with E-state index in [-0.39, 0.29) is 0 Å². The van der Waals surface area contributed by atoms with Gasteiger partial charge in [0.2, 0.25) is 0 Å². The zero-order chi connectivity index (χ0) is 17.7. The summed E-state index contributed by atoms with van der Waals surface area (Å²) in [7, 11) is -3.79. The third-order valence-electron chi connectivity index (χ3n) is 5.46. The predicted octanol–water partition coefficient (Wildman–Crippen LogP) is 5.74. The second-order valence-electron chi connectivity index (χ2n) is 7.56. The van der Waals surface area contributed by atoms with Gasteiger partial charge in [0, 0.05) is 5.56 Å². The second kappa shape index (κ2) is 8.62. The van der Waals surface area contributed by atoms with E-state index >= 15 is 0 Å². The molecule has 0 aromatic heterocycles. The van der Waals surface area contributed by atoms with Crippen LogP contribution in [-0.2, 0) is 13.6 Å². The second-order valence-corrected chi connectivity index (χ2v) is 9.48. The monoisotopic (exact) mass is 364 g/mol. The first kappa shape index (κ1) is 18.8. The van der Waals surface area contributed by atoms with Gasteiger partial charge in [-0.2, -0.15) is 0 Å². The number of hydrogen-bond acceptors (Lipinski definition) is 4. The minimum atomic E-state index is -3.79. The third kappa shape index (κ3) is 5.03. The van der Waals surface area contributed by atoms with E-state index < -0.39 is 13.1 Å². The van der Waals surface area contributed by atoms with Gasteiger partial charge in [0.15, 0.2) is 0 Å². The average molecular weight is 364 g/mol. The molecule has 0 radical (unpaired) electrons. The van der Waals surface area contributed by atoms with Crippen LogP contribution in [0.2, 0.25) is 0 Å². The van der Waals surface area contributed by atoms with E-state index in [1.165, 1.54) is 25.7 Å². The van der Waals surface area contributed by atoms with Gasteiger partial charge in [0.25, 0.3) is 5.52 Å². The minimum Gasteiger partial charge on any atom is -0.303 e. The van der Waals surface area contributed by atoms with Gasteiger partial charge in [0.1, 0.15) is 0 Å². The molecule has 2 saturated carbocycles. The summed E-state index contributed by atoms with van der Waals surface area (Å²) in [5.41, 5.74) is 0.973. The predicted molar refractivity (Wildman–Crippen MR) is 98.9 cm³/mol. The number of benzene rings is 1. The first-order valence-corrected chi connectivity index (χ1v) is 11.1. The van der Waals surface area contributed by atoms with Crippen molar-refractivity contribution in [2.24, 2.45) is 11.8 Å². The Bertz CT molecular complexity index is 589. The van der Waals surface area contributed by atoms with Crippen molar-refractivity contribution in [1.82, 2.24) is 0 Å². The molecule has 0 saturated heterocycles. The topological polar surface area (TPSA) is 52.6 Å². The van der Waals surface area contributed by atoms with Gasteiger partial charge in [0.05, 0.1) is 13.2 Å². The molecule has 0 unspecified atom stereocenters. The summed E-state index contributed by atoms with van der Waals surface area (Å²) in [4.78, 5) is 12.9. The Hall–Kier alpha value is -0.960. The van der Waals surface area contributed by atoms with Gasteiger partial charge >= 0.3 is 7.60 Å². The fourth-order valence-corrected chi connectivity index (χ4v) is 5.36. The number of carbonyl (C=O) groups excluding carboxylic acids is 1. The average Bonchev–Trinajstić information content (AvgIpc) is 3.32. The molecule has 0 spiro atoms. The molecule has 0 heterocycles. The molecule has 138 valence electrons. The van der Waals surface area contributed by atoms with Crippen LogP contribution < -0.4 is 0 Å². The largest absolute Gasteiger partial charge is 0.401 e. The highest BCUT2D eigenvalue weighted by Gasteiger charge is 2.38. The fourth-order valence-electron chi connectivity index (χ4n) is 3.77. The Kier molecular flexibility index (Phi) is 6.49. The van der Waals surface area contributed by atoms with Crippen LogP contribution in [0.4, 0.5) is 0 Å². The quantitative estimate of drug-likeness (QED) is 0.552. The van der Waals surface area contributed by atoms with Crippen LogP contribution in [0.3, 0.4) is 0 Å². The van der Waals surface area contributed by atoms with Crippen LogP contribution >= 0.6 is 7.60 Å². The normalized spacial score (nSPS) is 19.6. The summed E-state index contributed by atoms with van der Waals surface area (Å²) in [5, 5.41) is 0. The lowest BCUT2D eigenvalue weighted by atomic mass is 10.1. The maximum atomic E-state index is 13.3. The van der Waals surface area contributed by atoms with Crippen molar-refractivity contribution in [3.8, 4) is 0 Å². The van der Waals surface area contributed by atoms with Gasteiger partial charge in [-0.3, -0.25) is 9.36 Å². The summed E-state index contributed by atoms with van der Waals surface area (Å²) < 4.78 is 24.7. The zero-order valence-electron chi connectivity index (χ0n) is 15.1. The van der Waals surface area contributed by atoms with E-state index in [0.717, 1.165) is 31.2 Å². The molecule has 0 aliphatic heterocycles. The Morgan fingerprint density at radius 3 is 1.80 bits per heavy atom. The lowest BCUT2D eigenvalue weighted by Gasteiger charge is -2.21. The first-order chi connectivity index (χ1) is 12.1. The van der Waals surface area contributed by atoms with Gasteiger partial charge < -0.3 is 9.05 Å². The van der Waals surface area contributed by atoms with Crippen molar-refractivity contribution in [2.75, 3.05) is 13.2 Å². The van der Waals surface area contributed by atoms with E-state index in [0.29, 0.717) is 30.6 Å². The van der Waals surface area contributed by atoms with Crippen LogP contribution in [-0.4, -0.2) is 18.7 Å². The fraction of sp³-hybridized carbons (Fsp3) is 0.650. The molecule has 0 N–H and O–H groups in total. The van der Waals surface area contributed by atoms with E-state index in [9.17, 15) is 9.36 Å². The molecule has 25 heavy (non-hydrogen) atoms. The molecule has 2 fully saturated rings. The molecule has 1 aromatic rings. The van der Waals surface area contributed by atoms with E-state index in [4.69, 9.17) is 9.05 Å². The van der Waals surface area contributed by atoms with Gasteiger partial charge in [-0.25, -0.2) is 0 Å². The molecule has 2 aliphatic rings. The highest BCUT2D eigenvalue weighted by atomic mass is 31.2. The summed E-state index contributed by atoms with van der Waals surface area (Å²) in [6.45, 7) is 2.68. The maximum Gasteiger partial charge on any atom is 0.401 e. The van der Waals surface area contributed by atoms with Crippen LogP contribution in [0, 0.1) is 18.8 Å². The zero-order valence-corrected chi connectivity index (χ0v) is 16.0. The van der Waals surface area contributed by atoms with E-state index in [1.807, 2.05) is 19.1 Å². The van der Waals surface area contributed by atoms with Crippen molar-refractivity contribution >= 4 is 13.1 Å². The number of aryl methyl sites for hydroxylation is 1. The number of rotatable bonds is 8. The molecule has 3 rings (SSSR count). The Labute approximate surface area is 150 Å². The molecule has 0 bridgehead atoms. The summed E-state index contributed by atoms with van der Waals surface area (Å²) in [6.07, 6.45) is 9.09. The van der Waals surface area contributed by atoms with Crippen LogP contribution in [0.25, 0.3) is 0 Å². The Morgan fingerprint density at radius 2 is 1.36 bits per heavy atom. The van der Waals surface area contributed by atoms with Crippen molar-refractivity contribution in [3.05, 3.63) is 35.4 Å². The van der Waals surface area contributed by atoms with Crippen LogP contribution in [0.15, 0.2) is 24.3 Å². The molecule has 0 amide bonds. The number of carbonyl (C=O) groups is 1. The van der Waals surface area contributed by atoms with Gasteiger partial charge in [-0.1, -0.05) is 55.5 Å². The van der Waals surface area contributed by atoms with E-state index in [1.54, 1.807) is 12.1 Å². The lowest BCUT2D eigenvalue weighted by Crippen LogP contribution is -2.14. The summed E-state index contributed by atoms with van der Waals surface area (Å²) in [6, 6.07) is 7.13. The van der Waals surface area contributed by atoms with Crippen molar-refractivity contribution in [1.29, 1.82) is 0 Å². The van der Waals surface area contributed by atoms with Crippen LogP contribution in [0.1, 0.15) is 67.3 Å². The first-order valence-electron chi connectivity index (χ1n) is 9.57. The van der Waals surface area contributed by atoms with Gasteiger partial charge in [-0.05, 0) is 44.4 Å². The molecule has 5 heteroatoms. The standard InChI is InChI=1S/C20H29O4P/c1-16-10-12-19(13-11-16)20(21)25(22,23-14-17-6-2-3-7-17)24-15-18-8-4-5-9-18/h10-13,17-18H,2-9,14-15H2,1H3. The highest BCUT2D eigenvalue weighted by Crippen LogP contribution is 2.53. The maximum absolute atomic E-state index is 13.3. The molecule has 1 aromatic carbocycles. The number of hydrogen-bond donors (Lipinski definition) is 0. The highest BCUT2D eigenvalue weighted by molar-refractivity contribution is 7.72. The van der Waals surface area contributed by atoms with Crippen molar-refractivity contribution in [3.63, 3.8) is 0 Å². The van der Waals surface area contributed by atoms with Gasteiger partial charge in [-0.15, -0.1) is 0 Å². The molecular weight excluding hydrogens is 335 g/mol. The van der Waals surface area contributed by atoms with E-state index in [2.05, 4.69) is 0 Å². The Balaban J connectivity index is 1.70. The van der Waals surface area contributed by atoms with Crippen molar-refractivity contribution in [2.45, 2.75) is 58.3 Å². The van der Waals surface area contributed by atoms with Crippen molar-refractivity contribution < 1.29 is 18.4 Å². The Morgan fingerprint density at radius 1 is 0.920 bits per heavy atom. The molecular formula is C20H29O4P. The summed E-state index contributed by atoms with van der Waals surface area (Å²) >= 11 is 0. The SMILES string of the molecule is Cc1ccc(C(=O)P(=O)(OCC2CCCC2)OCC2CCCC2)cc1. The lowest BCUT2D eigenvalue weighted by molar-refractivity contribution is 0.0963. The molecule has 0 atom stereocenters. The molecule has 2 aliphatic carbocycles. The summed E-state index contributed by atoms with van der Waals surface area (Å²) in [5.74, 6) is 0.795. The third-order valence-corrected chi connectivity index (χ3v) is 7.19. The minimum absolute atomic E-state index is 0.361. The molecule has 4 nitrogen and oxygen atoms in total.